The van der Waals surface area contributed by atoms with Crippen LogP contribution in [0.2, 0.25) is 0 Å². The zero-order chi connectivity index (χ0) is 21.6. The molecule has 1 atom stereocenters. The molecular weight excluding hydrogens is 407 g/mol. The van der Waals surface area contributed by atoms with Crippen LogP contribution in [0.1, 0.15) is 71.1 Å². The molecule has 0 aliphatic carbocycles. The highest BCUT2D eigenvalue weighted by molar-refractivity contribution is 8.06. The van der Waals surface area contributed by atoms with Crippen LogP contribution in [0.25, 0.3) is 0 Å². The van der Waals surface area contributed by atoms with Gasteiger partial charge in [-0.25, -0.2) is 0 Å². The van der Waals surface area contributed by atoms with Crippen molar-refractivity contribution >= 4 is 18.5 Å². The lowest BCUT2D eigenvalue weighted by atomic mass is 10.1. The van der Waals surface area contributed by atoms with E-state index in [1.54, 1.807) is 7.11 Å². The quantitative estimate of drug-likeness (QED) is 0.139. The highest BCUT2D eigenvalue weighted by Gasteiger charge is 2.15. The lowest BCUT2D eigenvalue weighted by molar-refractivity contribution is -0.0287. The highest BCUT2D eigenvalue weighted by atomic mass is 32.5. The molecule has 0 aromatic heterocycles. The lowest BCUT2D eigenvalue weighted by Crippen LogP contribution is -2.25. The van der Waals surface area contributed by atoms with Gasteiger partial charge in [-0.1, -0.05) is 69.1 Å². The summed E-state index contributed by atoms with van der Waals surface area (Å²) in [6, 6.07) is 0. The minimum atomic E-state index is -3.63. The molecule has 0 spiro atoms. The summed E-state index contributed by atoms with van der Waals surface area (Å²) in [7, 11) is 1.57. The van der Waals surface area contributed by atoms with Gasteiger partial charge >= 0.3 is 6.72 Å². The van der Waals surface area contributed by atoms with Crippen LogP contribution in [-0.2, 0) is 25.8 Å². The first kappa shape index (κ1) is 28.7. The van der Waals surface area contributed by atoms with Gasteiger partial charge in [0, 0.05) is 13.7 Å². The summed E-state index contributed by atoms with van der Waals surface area (Å²) in [5.41, 5.74) is 0. The van der Waals surface area contributed by atoms with Crippen molar-refractivity contribution < 1.29 is 23.8 Å². The third kappa shape index (κ3) is 23.8. The summed E-state index contributed by atoms with van der Waals surface area (Å²) < 4.78 is 15.6. The van der Waals surface area contributed by atoms with E-state index in [-0.39, 0.29) is 12.7 Å². The molecule has 0 bridgehead atoms. The topological polar surface area (TPSA) is 68.2 Å². The highest BCUT2D eigenvalue weighted by Crippen LogP contribution is 2.36. The van der Waals surface area contributed by atoms with Crippen molar-refractivity contribution in [3.8, 4) is 0 Å². The summed E-state index contributed by atoms with van der Waals surface area (Å²) in [5, 5.41) is 0. The van der Waals surface area contributed by atoms with Crippen molar-refractivity contribution in [3.63, 3.8) is 0 Å². The molecule has 1 unspecified atom stereocenters. The maximum absolute atomic E-state index is 9.11. The van der Waals surface area contributed by atoms with Gasteiger partial charge in [0.25, 0.3) is 0 Å². The van der Waals surface area contributed by atoms with Crippen molar-refractivity contribution in [1.29, 1.82) is 0 Å². The SMILES string of the molecule is CC/C=C\C/C=C\C/C=C\CCCCCCCCOC(COC)COP(O)(O)=S. The summed E-state index contributed by atoms with van der Waals surface area (Å²) in [5.74, 6) is 0. The Morgan fingerprint density at radius 1 is 0.828 bits per heavy atom. The largest absolute Gasteiger partial charge is 0.382 e. The molecule has 0 aromatic carbocycles. The molecule has 0 aliphatic heterocycles. The third-order valence-corrected chi connectivity index (χ3v) is 4.98. The van der Waals surface area contributed by atoms with Crippen molar-refractivity contribution in [1.82, 2.24) is 0 Å². The van der Waals surface area contributed by atoms with Gasteiger partial charge in [-0.05, 0) is 50.3 Å². The maximum atomic E-state index is 9.11. The van der Waals surface area contributed by atoms with Crippen LogP contribution in [0, 0.1) is 0 Å². The van der Waals surface area contributed by atoms with E-state index in [4.69, 9.17) is 23.8 Å². The molecule has 0 saturated carbocycles. The number of unbranched alkanes of at least 4 members (excludes halogenated alkanes) is 6. The van der Waals surface area contributed by atoms with E-state index in [0.717, 1.165) is 38.5 Å². The number of rotatable bonds is 20. The van der Waals surface area contributed by atoms with Crippen LogP contribution in [0.3, 0.4) is 0 Å². The van der Waals surface area contributed by atoms with Gasteiger partial charge in [-0.3, -0.25) is 0 Å². The van der Waals surface area contributed by atoms with Crippen LogP contribution < -0.4 is 0 Å². The molecule has 2 N–H and O–H groups in total. The summed E-state index contributed by atoms with van der Waals surface area (Å²) in [4.78, 5) is 18.2. The van der Waals surface area contributed by atoms with Gasteiger partial charge in [-0.2, -0.15) is 0 Å². The Morgan fingerprint density at radius 2 is 1.41 bits per heavy atom. The number of hydrogen-bond donors (Lipinski definition) is 2. The predicted molar refractivity (Wildman–Crippen MR) is 126 cm³/mol. The van der Waals surface area contributed by atoms with E-state index in [0.29, 0.717) is 13.2 Å². The zero-order valence-corrected chi connectivity index (χ0v) is 19.9. The molecule has 170 valence electrons. The van der Waals surface area contributed by atoms with E-state index in [1.807, 2.05) is 0 Å². The Kier molecular flexibility index (Phi) is 20.7. The molecule has 0 rings (SSSR count). The van der Waals surface area contributed by atoms with Gasteiger partial charge in [0.05, 0.1) is 13.2 Å². The van der Waals surface area contributed by atoms with Crippen molar-refractivity contribution in [2.45, 2.75) is 77.2 Å². The summed E-state index contributed by atoms with van der Waals surface area (Å²) in [6.45, 7) is -0.487. The van der Waals surface area contributed by atoms with Crippen LogP contribution in [0.15, 0.2) is 36.5 Å². The molecule has 5 nitrogen and oxygen atoms in total. The second-order valence-corrected chi connectivity index (χ2v) is 9.60. The number of ether oxygens (including phenoxy) is 2. The van der Waals surface area contributed by atoms with Crippen LogP contribution in [0.4, 0.5) is 0 Å². The molecular formula is C22H41O5PS. The van der Waals surface area contributed by atoms with Gasteiger partial charge < -0.3 is 23.8 Å². The van der Waals surface area contributed by atoms with Crippen molar-refractivity contribution in [2.24, 2.45) is 0 Å². The molecule has 0 fully saturated rings. The zero-order valence-electron chi connectivity index (χ0n) is 18.2. The standard InChI is InChI=1S/C22H41O5PS/c1-3-4-5-6-7-8-9-10-11-12-13-14-15-16-17-18-19-26-22(20-25-2)21-27-28(23,24)29/h4-5,7-8,10-11,22H,3,6,9,12-21H2,1-2H3,(H2,23,24,29)/b5-4-,8-7-,11-10-. The van der Waals surface area contributed by atoms with E-state index in [9.17, 15) is 0 Å². The Bertz CT molecular complexity index is 488. The molecule has 0 radical (unpaired) electrons. The third-order valence-electron chi connectivity index (χ3n) is 4.18. The minimum absolute atomic E-state index is 0.0390. The Hall–Kier alpha value is -0.330. The average molecular weight is 449 g/mol. The fourth-order valence-electron chi connectivity index (χ4n) is 2.66. The molecule has 7 heteroatoms. The van der Waals surface area contributed by atoms with Crippen LogP contribution >= 0.6 is 6.72 Å². The molecule has 0 aromatic rings. The first-order valence-electron chi connectivity index (χ1n) is 10.7. The Balaban J connectivity index is 3.50. The summed E-state index contributed by atoms with van der Waals surface area (Å²) >= 11 is 4.44. The predicted octanol–water partition coefficient (Wildman–Crippen LogP) is 5.83. The number of methoxy groups -OCH3 is 1. The van der Waals surface area contributed by atoms with Crippen molar-refractivity contribution in [2.75, 3.05) is 26.9 Å². The van der Waals surface area contributed by atoms with Crippen molar-refractivity contribution in [3.05, 3.63) is 36.5 Å². The normalized spacial score (nSPS) is 13.9. The van der Waals surface area contributed by atoms with E-state index in [1.165, 1.54) is 25.7 Å². The summed E-state index contributed by atoms with van der Waals surface area (Å²) in [6.07, 6.45) is 24.5. The second kappa shape index (κ2) is 20.9. The molecule has 0 saturated heterocycles. The van der Waals surface area contributed by atoms with Gasteiger partial charge in [0.1, 0.15) is 6.10 Å². The monoisotopic (exact) mass is 448 g/mol. The molecule has 0 aliphatic rings. The smallest absolute Gasteiger partial charge is 0.321 e. The molecule has 29 heavy (non-hydrogen) atoms. The minimum Gasteiger partial charge on any atom is -0.382 e. The lowest BCUT2D eigenvalue weighted by Gasteiger charge is -2.18. The average Bonchev–Trinajstić information content (AvgIpc) is 2.67. The van der Waals surface area contributed by atoms with Crippen LogP contribution in [-0.4, -0.2) is 42.8 Å². The van der Waals surface area contributed by atoms with Gasteiger partial charge in [0.15, 0.2) is 0 Å². The number of hydrogen-bond acceptors (Lipinski definition) is 4. The maximum Gasteiger partial charge on any atom is 0.321 e. The van der Waals surface area contributed by atoms with E-state index >= 15 is 0 Å². The fraction of sp³-hybridized carbons (Fsp3) is 0.727. The van der Waals surface area contributed by atoms with Gasteiger partial charge in [0.2, 0.25) is 0 Å². The Labute approximate surface area is 183 Å². The van der Waals surface area contributed by atoms with E-state index < -0.39 is 6.72 Å². The fourth-order valence-corrected chi connectivity index (χ4v) is 3.20. The first-order valence-corrected chi connectivity index (χ1v) is 13.4. The Morgan fingerprint density at radius 3 is 2.03 bits per heavy atom. The van der Waals surface area contributed by atoms with E-state index in [2.05, 4.69) is 55.2 Å². The molecule has 0 heterocycles. The second-order valence-electron chi connectivity index (χ2n) is 6.94. The number of allylic oxidation sites excluding steroid dienone is 6. The first-order chi connectivity index (χ1) is 14.0. The molecule has 0 amide bonds. The van der Waals surface area contributed by atoms with Gasteiger partial charge in [-0.15, -0.1) is 0 Å². The van der Waals surface area contributed by atoms with Crippen LogP contribution in [0.5, 0.6) is 0 Å².